The lowest BCUT2D eigenvalue weighted by atomic mass is 10.0. The van der Waals surface area contributed by atoms with E-state index in [1.54, 1.807) is 38.2 Å². The zero-order valence-corrected chi connectivity index (χ0v) is 51.5. The Bertz CT molecular complexity index is 2710. The molecule has 11 amide bonds. The lowest BCUT2D eigenvalue weighted by Crippen LogP contribution is -2.60. The van der Waals surface area contributed by atoms with Crippen LogP contribution >= 0.6 is 25.3 Å². The number of unbranched alkanes of at least 4 members (excludes halogenated alkanes) is 2. The number of carboxylic acid groups (broad SMARTS) is 1. The smallest absolute Gasteiger partial charge is 0.326 e. The molecule has 0 radical (unpaired) electrons. The van der Waals surface area contributed by atoms with Gasteiger partial charge in [-0.15, -0.1) is 0 Å². The van der Waals surface area contributed by atoms with E-state index < -0.39 is 145 Å². The predicted molar refractivity (Wildman–Crippen MR) is 330 cm³/mol. The van der Waals surface area contributed by atoms with Crippen molar-refractivity contribution in [3.05, 3.63) is 36.0 Å². The van der Waals surface area contributed by atoms with Gasteiger partial charge in [-0.1, -0.05) is 51.8 Å². The number of carbonyl (C=O) groups is 12. The van der Waals surface area contributed by atoms with Gasteiger partial charge in [-0.25, -0.2) is 4.79 Å². The van der Waals surface area contributed by atoms with E-state index in [2.05, 4.69) is 88.4 Å². The highest BCUT2D eigenvalue weighted by atomic mass is 32.1. The Morgan fingerprint density at radius 3 is 1.83 bits per heavy atom. The molecule has 0 aliphatic carbocycles. The van der Waals surface area contributed by atoms with Crippen LogP contribution in [0.2, 0.25) is 0 Å². The van der Waals surface area contributed by atoms with Gasteiger partial charge in [0, 0.05) is 48.1 Å². The highest BCUT2D eigenvalue weighted by Gasteiger charge is 2.38. The molecule has 484 valence electrons. The van der Waals surface area contributed by atoms with Crippen LogP contribution in [0.25, 0.3) is 10.9 Å². The number of hydrogen-bond donors (Lipinski definition) is 18. The van der Waals surface area contributed by atoms with Crippen LogP contribution in [0, 0.1) is 5.92 Å². The third-order valence-electron chi connectivity index (χ3n) is 13.9. The molecule has 9 atom stereocenters. The number of aliphatic imine (C=N–C) groups is 1. The van der Waals surface area contributed by atoms with Crippen LogP contribution in [0.15, 0.2) is 35.5 Å². The fraction of sp³-hybridized carbons (Fsp3) is 0.618. The largest absolute Gasteiger partial charge is 0.480 e. The number of hydrogen-bond acceptors (Lipinski definition) is 17. The molecule has 30 nitrogen and oxygen atoms in total. The summed E-state index contributed by atoms with van der Waals surface area (Å²) in [5.41, 5.74) is 23.6. The molecule has 1 fully saturated rings. The van der Waals surface area contributed by atoms with Gasteiger partial charge in [-0.05, 0) is 88.8 Å². The van der Waals surface area contributed by atoms with Gasteiger partial charge < -0.3 is 91.1 Å². The number of amides is 11. The van der Waals surface area contributed by atoms with Gasteiger partial charge in [0.1, 0.15) is 48.3 Å². The highest BCUT2D eigenvalue weighted by Crippen LogP contribution is 2.21. The van der Waals surface area contributed by atoms with Gasteiger partial charge in [0.15, 0.2) is 5.96 Å². The molecule has 2 heterocycles. The van der Waals surface area contributed by atoms with Crippen molar-refractivity contribution in [3.8, 4) is 0 Å². The number of thiol groups is 2. The van der Waals surface area contributed by atoms with Crippen LogP contribution in [0.3, 0.4) is 0 Å². The Kier molecular flexibility index (Phi) is 32.5. The van der Waals surface area contributed by atoms with Crippen LogP contribution in [0.1, 0.15) is 104 Å². The van der Waals surface area contributed by atoms with E-state index in [4.69, 9.17) is 22.9 Å². The predicted octanol–water partition coefficient (Wildman–Crippen LogP) is -3.85. The summed E-state index contributed by atoms with van der Waals surface area (Å²) in [5, 5.41) is 35.7. The van der Waals surface area contributed by atoms with E-state index in [1.807, 2.05) is 13.0 Å². The van der Waals surface area contributed by atoms with Crippen molar-refractivity contribution in [2.75, 3.05) is 50.8 Å². The third-order valence-corrected chi connectivity index (χ3v) is 14.6. The van der Waals surface area contributed by atoms with Gasteiger partial charge in [-0.3, -0.25) is 57.7 Å². The number of aromatic nitrogens is 1. The zero-order valence-electron chi connectivity index (χ0n) is 49.7. The first-order valence-corrected chi connectivity index (χ1v) is 30.3. The third kappa shape index (κ3) is 25.6. The molecule has 1 aromatic carbocycles. The Balaban J connectivity index is 1.75. The molecule has 0 spiro atoms. The lowest BCUT2D eigenvalue weighted by molar-refractivity contribution is -0.142. The number of H-pyrrole nitrogens is 1. The minimum Gasteiger partial charge on any atom is -0.480 e. The Morgan fingerprint density at radius 1 is 0.655 bits per heavy atom. The molecule has 0 unspecified atom stereocenters. The summed E-state index contributed by atoms with van der Waals surface area (Å²) >= 11 is 8.54. The van der Waals surface area contributed by atoms with E-state index in [1.165, 1.54) is 11.8 Å². The van der Waals surface area contributed by atoms with Gasteiger partial charge in [0.05, 0.1) is 25.7 Å². The van der Waals surface area contributed by atoms with Gasteiger partial charge in [-0.2, -0.15) is 25.3 Å². The van der Waals surface area contributed by atoms with Crippen molar-refractivity contribution < 1.29 is 62.6 Å². The fourth-order valence-electron chi connectivity index (χ4n) is 9.18. The van der Waals surface area contributed by atoms with E-state index >= 15 is 0 Å². The van der Waals surface area contributed by atoms with Crippen LogP contribution in [0.4, 0.5) is 0 Å². The van der Waals surface area contributed by atoms with Crippen molar-refractivity contribution in [2.45, 2.75) is 159 Å². The summed E-state index contributed by atoms with van der Waals surface area (Å²) in [7, 11) is 0. The molecule has 87 heavy (non-hydrogen) atoms. The molecule has 2 aromatic rings. The second kappa shape index (κ2) is 38.4. The Labute approximate surface area is 516 Å². The number of guanidine groups is 1. The highest BCUT2D eigenvalue weighted by molar-refractivity contribution is 7.80. The number of nitrogens with two attached hydrogens (primary N) is 4. The average Bonchev–Trinajstić information content (AvgIpc) is 2.41. The number of rotatable bonds is 39. The van der Waals surface area contributed by atoms with Gasteiger partial charge >= 0.3 is 5.97 Å². The van der Waals surface area contributed by atoms with Crippen LogP contribution < -0.4 is 76.1 Å². The molecule has 1 aromatic heterocycles. The first kappa shape index (κ1) is 73.5. The molecule has 1 aliphatic heterocycles. The molecule has 1 aliphatic rings. The normalized spacial score (nSPS) is 15.6. The maximum Gasteiger partial charge on any atom is 0.326 e. The van der Waals surface area contributed by atoms with Crippen LogP contribution in [-0.4, -0.2) is 197 Å². The van der Waals surface area contributed by atoms with Crippen molar-refractivity contribution in [3.63, 3.8) is 0 Å². The minimum atomic E-state index is -1.41. The number of likely N-dealkylation sites (tertiary alicyclic amines) is 1. The molecule has 0 saturated carbocycles. The summed E-state index contributed by atoms with van der Waals surface area (Å²) < 4.78 is 0. The van der Waals surface area contributed by atoms with Crippen LogP contribution in [-0.2, 0) is 64.0 Å². The summed E-state index contributed by atoms with van der Waals surface area (Å²) in [6, 6.07) is -3.57. The number of fused-ring (bicyclic) bond motifs is 1. The molecule has 0 bridgehead atoms. The molecule has 32 heteroatoms. The number of para-hydroxylation sites is 1. The van der Waals surface area contributed by atoms with Crippen molar-refractivity contribution in [1.29, 1.82) is 0 Å². The van der Waals surface area contributed by atoms with Gasteiger partial charge in [0.25, 0.3) is 0 Å². The van der Waals surface area contributed by atoms with E-state index in [0.29, 0.717) is 37.8 Å². The lowest BCUT2D eigenvalue weighted by Gasteiger charge is -2.28. The second-order valence-electron chi connectivity index (χ2n) is 21.5. The average molecular weight is 1260 g/mol. The number of benzene rings is 1. The Morgan fingerprint density at radius 2 is 1.21 bits per heavy atom. The van der Waals surface area contributed by atoms with E-state index in [0.717, 1.165) is 17.3 Å². The zero-order chi connectivity index (χ0) is 64.8. The number of aromatic amines is 1. The number of nitrogens with one attached hydrogen (secondary N) is 11. The van der Waals surface area contributed by atoms with Crippen LogP contribution in [0.5, 0.6) is 0 Å². The fourth-order valence-corrected chi connectivity index (χ4v) is 9.70. The standard InChI is InChI=1S/C55H89N17O13S2/c1-5-6-14-35(66-46(76)31(4)57)49(79)70-40(28-86)48(78)64-27-45(75)72-21-12-18-42(72)53(83)67-36(17-11-20-60-55(58)59)50(80)71-41(29-87)52(82)68-38(22-30(2)3)51(81)69-39(23-32-24-61-34-15-8-7-13-33(32)34)47(77)63-25-43(73)62-26-44(74)65-37(54(84)85)16-9-10-19-56/h7-8,13,15,24,30-31,35-42,61,86-87H,5-6,9-12,14,16-23,25-29,56-57H2,1-4H3,(H,62,73)(H,63,77)(H,64,78)(H,65,74)(H,66,76)(H,67,83)(H,68,82)(H,69,81)(H,70,79)(H,71,80)(H,84,85)(H4,58,59,60)/t31-,35-,36-,37-,38-,39-,40-,41-,42-/m0/s1. The summed E-state index contributed by atoms with van der Waals surface area (Å²) in [5.74, 6) is -10.4. The number of aliphatic carboxylic acids is 1. The van der Waals surface area contributed by atoms with Gasteiger partial charge in [0.2, 0.25) is 65.0 Å². The monoisotopic (exact) mass is 1260 g/mol. The second-order valence-corrected chi connectivity index (χ2v) is 22.2. The first-order valence-electron chi connectivity index (χ1n) is 29.1. The van der Waals surface area contributed by atoms with E-state index in [-0.39, 0.29) is 81.4 Å². The number of carbonyl (C=O) groups excluding carboxylic acids is 11. The molecular weight excluding hydrogens is 1170 g/mol. The number of carboxylic acids is 1. The maximum absolute atomic E-state index is 14.3. The number of nitrogens with zero attached hydrogens (tertiary/aromatic N) is 2. The molecule has 20 N–H and O–H groups in total. The summed E-state index contributed by atoms with van der Waals surface area (Å²) in [4.78, 5) is 168. The molecular formula is C55H89N17O13S2. The summed E-state index contributed by atoms with van der Waals surface area (Å²) in [6.07, 6.45) is 4.99. The minimum absolute atomic E-state index is 0.0397. The quantitative estimate of drug-likeness (QED) is 0.0132. The van der Waals surface area contributed by atoms with Crippen molar-refractivity contribution >= 4 is 113 Å². The summed E-state index contributed by atoms with van der Waals surface area (Å²) in [6.45, 7) is 5.64. The maximum atomic E-state index is 14.3. The topological polar surface area (TPSA) is 481 Å². The van der Waals surface area contributed by atoms with Crippen molar-refractivity contribution in [2.24, 2.45) is 33.8 Å². The SMILES string of the molecule is CCCC[C@H](NC(=O)[C@H](C)N)C(=O)N[C@@H](CS)C(=O)NCC(=O)N1CCC[C@H]1C(=O)N[C@@H](CCCN=C(N)N)C(=O)N[C@@H](CS)C(=O)N[C@@H](CC(C)C)C(=O)N[C@@H](Cc1c[nH]c2ccccc12)C(=O)NCC(=O)NCC(=O)N[C@@H](CCCCN)C(=O)O. The van der Waals surface area contributed by atoms with Crippen molar-refractivity contribution in [1.82, 2.24) is 63.1 Å². The first-order chi connectivity index (χ1) is 41.3. The van der Waals surface area contributed by atoms with E-state index in [9.17, 15) is 62.6 Å². The molecule has 1 saturated heterocycles. The molecule has 3 rings (SSSR count). The Hall–Kier alpha value is -7.71.